The normalized spacial score (nSPS) is 16.4. The molecule has 7 heteroatoms. The number of hydrogen-bond acceptors (Lipinski definition) is 3. The first-order chi connectivity index (χ1) is 9.44. The number of nitrogens with one attached hydrogen (secondary N) is 2. The maximum atomic E-state index is 11.8. The fraction of sp³-hybridized carbons (Fsp3) is 0.462. The number of hydrogen-bond donors (Lipinski definition) is 2. The highest BCUT2D eigenvalue weighted by atomic mass is 32.2. The van der Waals surface area contributed by atoms with E-state index in [0.29, 0.717) is 0 Å². The quantitative estimate of drug-likeness (QED) is 0.872. The minimum Gasteiger partial charge on any atom is -0.331 e. The molecular weight excluding hydrogens is 278 g/mol. The molecule has 1 aromatic carbocycles. The lowest BCUT2D eigenvalue weighted by Gasteiger charge is -2.32. The van der Waals surface area contributed by atoms with Crippen LogP contribution in [0.2, 0.25) is 0 Å². The molecule has 1 aliphatic rings. The van der Waals surface area contributed by atoms with Crippen LogP contribution < -0.4 is 10.0 Å². The molecule has 1 saturated heterocycles. The zero-order chi connectivity index (χ0) is 14.8. The molecular formula is C13H19N3O3S. The van der Waals surface area contributed by atoms with Gasteiger partial charge in [0.05, 0.1) is 10.9 Å². The lowest BCUT2D eigenvalue weighted by Crippen LogP contribution is -2.48. The first-order valence-corrected chi connectivity index (χ1v) is 8.01. The Labute approximate surface area is 119 Å². The lowest BCUT2D eigenvalue weighted by atomic mass is 10.1. The largest absolute Gasteiger partial charge is 0.331 e. The maximum Gasteiger partial charge on any atom is 0.317 e. The van der Waals surface area contributed by atoms with Crippen molar-refractivity contribution in [3.05, 3.63) is 29.8 Å². The van der Waals surface area contributed by atoms with Crippen molar-refractivity contribution in [2.24, 2.45) is 0 Å². The topological polar surface area (TPSA) is 78.5 Å². The average Bonchev–Trinajstić information content (AvgIpc) is 2.36. The minimum absolute atomic E-state index is 0.106. The Bertz CT molecular complexity index is 597. The van der Waals surface area contributed by atoms with E-state index in [0.717, 1.165) is 25.1 Å². The van der Waals surface area contributed by atoms with Gasteiger partial charge in [-0.3, -0.25) is 0 Å². The third-order valence-electron chi connectivity index (χ3n) is 3.42. The first-order valence-electron chi connectivity index (χ1n) is 6.53. The van der Waals surface area contributed by atoms with Gasteiger partial charge in [0.25, 0.3) is 0 Å². The SMILES string of the molecule is CNS(=O)(=O)c1cccc(C(C)NC(=O)N2CCC2)c1. The van der Waals surface area contributed by atoms with Crippen LogP contribution in [0.25, 0.3) is 0 Å². The molecule has 0 radical (unpaired) electrons. The fourth-order valence-corrected chi connectivity index (χ4v) is 2.73. The number of rotatable bonds is 4. The van der Waals surface area contributed by atoms with Crippen molar-refractivity contribution in [3.8, 4) is 0 Å². The molecule has 1 unspecified atom stereocenters. The highest BCUT2D eigenvalue weighted by molar-refractivity contribution is 7.89. The molecule has 2 amide bonds. The van der Waals surface area contributed by atoms with Gasteiger partial charge in [0.15, 0.2) is 0 Å². The van der Waals surface area contributed by atoms with Crippen LogP contribution in [0.4, 0.5) is 4.79 Å². The monoisotopic (exact) mass is 297 g/mol. The van der Waals surface area contributed by atoms with Gasteiger partial charge in [-0.2, -0.15) is 0 Å². The summed E-state index contributed by atoms with van der Waals surface area (Å²) in [5.74, 6) is 0. The molecule has 0 spiro atoms. The molecule has 1 aliphatic heterocycles. The number of amides is 2. The second-order valence-corrected chi connectivity index (χ2v) is 6.68. The van der Waals surface area contributed by atoms with Crippen LogP contribution in [-0.2, 0) is 10.0 Å². The zero-order valence-electron chi connectivity index (χ0n) is 11.6. The van der Waals surface area contributed by atoms with Crippen LogP contribution in [0, 0.1) is 0 Å². The number of benzene rings is 1. The van der Waals surface area contributed by atoms with Crippen molar-refractivity contribution < 1.29 is 13.2 Å². The fourth-order valence-electron chi connectivity index (χ4n) is 1.95. The number of nitrogens with zero attached hydrogens (tertiary/aromatic N) is 1. The molecule has 0 aliphatic carbocycles. The van der Waals surface area contributed by atoms with Crippen molar-refractivity contribution in [1.82, 2.24) is 14.9 Å². The Hall–Kier alpha value is -1.60. The Morgan fingerprint density at radius 2 is 2.05 bits per heavy atom. The van der Waals surface area contributed by atoms with E-state index in [4.69, 9.17) is 0 Å². The maximum absolute atomic E-state index is 11.8. The molecule has 2 rings (SSSR count). The van der Waals surface area contributed by atoms with E-state index in [1.165, 1.54) is 13.1 Å². The van der Waals surface area contributed by atoms with Gasteiger partial charge in [-0.25, -0.2) is 17.9 Å². The van der Waals surface area contributed by atoms with Crippen LogP contribution >= 0.6 is 0 Å². The molecule has 0 saturated carbocycles. The van der Waals surface area contributed by atoms with Crippen LogP contribution in [0.15, 0.2) is 29.2 Å². The van der Waals surface area contributed by atoms with Gasteiger partial charge >= 0.3 is 6.03 Å². The first kappa shape index (κ1) is 14.8. The molecule has 0 aromatic heterocycles. The Morgan fingerprint density at radius 3 is 2.60 bits per heavy atom. The van der Waals surface area contributed by atoms with E-state index in [1.807, 2.05) is 6.92 Å². The predicted octanol–water partition coefficient (Wildman–Crippen LogP) is 1.07. The molecule has 1 aromatic rings. The Morgan fingerprint density at radius 1 is 1.35 bits per heavy atom. The van der Waals surface area contributed by atoms with E-state index in [1.54, 1.807) is 23.1 Å². The van der Waals surface area contributed by atoms with E-state index >= 15 is 0 Å². The van der Waals surface area contributed by atoms with Gasteiger partial charge in [-0.15, -0.1) is 0 Å². The second-order valence-electron chi connectivity index (χ2n) is 4.79. The summed E-state index contributed by atoms with van der Waals surface area (Å²) in [4.78, 5) is 13.8. The third kappa shape index (κ3) is 3.10. The van der Waals surface area contributed by atoms with E-state index in [9.17, 15) is 13.2 Å². The lowest BCUT2D eigenvalue weighted by molar-refractivity contribution is 0.164. The number of urea groups is 1. The summed E-state index contributed by atoms with van der Waals surface area (Å²) in [6, 6.07) is 6.23. The van der Waals surface area contributed by atoms with Gasteiger partial charge < -0.3 is 10.2 Å². The van der Waals surface area contributed by atoms with Gasteiger partial charge in [-0.05, 0) is 38.1 Å². The molecule has 20 heavy (non-hydrogen) atoms. The summed E-state index contributed by atoms with van der Waals surface area (Å²) < 4.78 is 25.8. The van der Waals surface area contributed by atoms with Crippen LogP contribution in [0.1, 0.15) is 24.9 Å². The summed E-state index contributed by atoms with van der Waals surface area (Å²) in [6.45, 7) is 3.41. The molecule has 1 atom stereocenters. The van der Waals surface area contributed by atoms with Crippen LogP contribution in [-0.4, -0.2) is 39.5 Å². The van der Waals surface area contributed by atoms with Gasteiger partial charge in [0, 0.05) is 13.1 Å². The van der Waals surface area contributed by atoms with E-state index < -0.39 is 10.0 Å². The molecule has 2 N–H and O–H groups in total. The number of sulfonamides is 1. The molecule has 0 bridgehead atoms. The van der Waals surface area contributed by atoms with Crippen molar-refractivity contribution in [1.29, 1.82) is 0 Å². The summed E-state index contributed by atoms with van der Waals surface area (Å²) in [7, 11) is -2.09. The van der Waals surface area contributed by atoms with Gasteiger partial charge in [-0.1, -0.05) is 12.1 Å². The highest BCUT2D eigenvalue weighted by Crippen LogP contribution is 2.18. The van der Waals surface area contributed by atoms with Gasteiger partial charge in [0.2, 0.25) is 10.0 Å². The molecule has 6 nitrogen and oxygen atoms in total. The standard InChI is InChI=1S/C13H19N3O3S/c1-10(15-13(17)16-7-4-8-16)11-5-3-6-12(9-11)20(18,19)14-2/h3,5-6,9-10,14H,4,7-8H2,1-2H3,(H,15,17). The number of likely N-dealkylation sites (tertiary alicyclic amines) is 1. The van der Waals surface area contributed by atoms with Gasteiger partial charge in [0.1, 0.15) is 0 Å². The smallest absolute Gasteiger partial charge is 0.317 e. The van der Waals surface area contributed by atoms with Crippen molar-refractivity contribution >= 4 is 16.1 Å². The highest BCUT2D eigenvalue weighted by Gasteiger charge is 2.22. The van der Waals surface area contributed by atoms with E-state index in [2.05, 4.69) is 10.0 Å². The molecule has 1 fully saturated rings. The number of carbonyl (C=O) groups is 1. The molecule has 1 heterocycles. The second kappa shape index (κ2) is 5.80. The van der Waals surface area contributed by atoms with Crippen molar-refractivity contribution in [2.45, 2.75) is 24.3 Å². The summed E-state index contributed by atoms with van der Waals surface area (Å²) >= 11 is 0. The minimum atomic E-state index is -3.47. The van der Waals surface area contributed by atoms with Crippen LogP contribution in [0.5, 0.6) is 0 Å². The van der Waals surface area contributed by atoms with E-state index in [-0.39, 0.29) is 17.0 Å². The van der Waals surface area contributed by atoms with Crippen molar-refractivity contribution in [2.75, 3.05) is 20.1 Å². The zero-order valence-corrected chi connectivity index (χ0v) is 12.4. The summed E-state index contributed by atoms with van der Waals surface area (Å²) in [5.41, 5.74) is 0.759. The Balaban J connectivity index is 2.12. The summed E-state index contributed by atoms with van der Waals surface area (Å²) in [6.07, 6.45) is 1.04. The number of carbonyl (C=O) groups excluding carboxylic acids is 1. The average molecular weight is 297 g/mol. The third-order valence-corrected chi connectivity index (χ3v) is 4.83. The van der Waals surface area contributed by atoms with Crippen molar-refractivity contribution in [3.63, 3.8) is 0 Å². The van der Waals surface area contributed by atoms with Crippen LogP contribution in [0.3, 0.4) is 0 Å². The summed E-state index contributed by atoms with van der Waals surface area (Å²) in [5, 5.41) is 2.87. The molecule has 110 valence electrons. The Kier molecular flexibility index (Phi) is 4.29. The predicted molar refractivity (Wildman–Crippen MR) is 75.8 cm³/mol.